The lowest BCUT2D eigenvalue weighted by atomic mass is 10.2. The number of amides is 2. The molecule has 26 heavy (non-hydrogen) atoms. The number of benzene rings is 1. The summed E-state index contributed by atoms with van der Waals surface area (Å²) in [5.41, 5.74) is 1.03. The number of carbonyl (C=O) groups excluding carboxylic acids is 2. The van der Waals surface area contributed by atoms with Gasteiger partial charge in [0.1, 0.15) is 18.1 Å². The fourth-order valence-electron chi connectivity index (χ4n) is 2.69. The van der Waals surface area contributed by atoms with Crippen LogP contribution in [0.3, 0.4) is 0 Å². The first-order valence-electron chi connectivity index (χ1n) is 8.79. The second kappa shape index (κ2) is 9.61. The number of hydrogen-bond donors (Lipinski definition) is 0. The highest BCUT2D eigenvalue weighted by Gasteiger charge is 2.21. The van der Waals surface area contributed by atoms with Gasteiger partial charge in [0.05, 0.1) is 6.54 Å². The summed E-state index contributed by atoms with van der Waals surface area (Å²) < 4.78 is 5.63. The summed E-state index contributed by atoms with van der Waals surface area (Å²) in [7, 11) is 0. The number of carbonyl (C=O) groups is 2. The average Bonchev–Trinajstić information content (AvgIpc) is 3.05. The van der Waals surface area contributed by atoms with Crippen molar-refractivity contribution in [1.29, 1.82) is 0 Å². The van der Waals surface area contributed by atoms with E-state index in [1.807, 2.05) is 49.4 Å². The van der Waals surface area contributed by atoms with Gasteiger partial charge in [0.15, 0.2) is 0 Å². The molecule has 0 N–H and O–H groups in total. The fraction of sp³-hybridized carbons (Fsp3) is 0.333. The first-order valence-corrected chi connectivity index (χ1v) is 8.79. The summed E-state index contributed by atoms with van der Waals surface area (Å²) in [5, 5.41) is 0. The van der Waals surface area contributed by atoms with E-state index < -0.39 is 0 Å². The molecule has 5 nitrogen and oxygen atoms in total. The van der Waals surface area contributed by atoms with Crippen LogP contribution in [0.2, 0.25) is 0 Å². The molecule has 0 radical (unpaired) electrons. The number of furan rings is 1. The maximum atomic E-state index is 12.9. The van der Waals surface area contributed by atoms with Crippen molar-refractivity contribution in [3.05, 3.63) is 72.2 Å². The van der Waals surface area contributed by atoms with Gasteiger partial charge in [0.25, 0.3) is 0 Å². The van der Waals surface area contributed by atoms with Gasteiger partial charge in [-0.05, 0) is 24.6 Å². The second-order valence-electron chi connectivity index (χ2n) is 6.16. The molecule has 0 aliphatic rings. The highest BCUT2D eigenvalue weighted by atomic mass is 16.3. The highest BCUT2D eigenvalue weighted by molar-refractivity contribution is 5.84. The zero-order valence-electron chi connectivity index (χ0n) is 15.5. The normalized spacial score (nSPS) is 10.4. The predicted octanol–water partition coefficient (Wildman–Crippen LogP) is 3.54. The van der Waals surface area contributed by atoms with Gasteiger partial charge in [-0.3, -0.25) is 9.59 Å². The van der Waals surface area contributed by atoms with Gasteiger partial charge in [-0.15, -0.1) is 6.58 Å². The molecule has 0 fully saturated rings. The topological polar surface area (TPSA) is 53.8 Å². The molecule has 0 unspecified atom stereocenters. The van der Waals surface area contributed by atoms with E-state index in [-0.39, 0.29) is 18.4 Å². The Kier molecular flexibility index (Phi) is 7.21. The molecular formula is C21H26N2O3. The zero-order chi connectivity index (χ0) is 18.9. The molecule has 0 atom stereocenters. The Bertz CT molecular complexity index is 737. The first-order chi connectivity index (χ1) is 12.5. The molecule has 0 aliphatic carbocycles. The first kappa shape index (κ1) is 19.5. The maximum absolute atomic E-state index is 12.9. The second-order valence-corrected chi connectivity index (χ2v) is 6.16. The molecule has 0 spiro atoms. The van der Waals surface area contributed by atoms with Crippen LogP contribution in [0.5, 0.6) is 0 Å². The van der Waals surface area contributed by atoms with Crippen molar-refractivity contribution in [3.63, 3.8) is 0 Å². The van der Waals surface area contributed by atoms with Crippen molar-refractivity contribution in [3.8, 4) is 0 Å². The molecule has 1 aromatic carbocycles. The van der Waals surface area contributed by atoms with Crippen LogP contribution in [0.1, 0.15) is 30.4 Å². The molecular weight excluding hydrogens is 328 g/mol. The summed E-state index contributed by atoms with van der Waals surface area (Å²) >= 11 is 0. The Balaban J connectivity index is 2.16. The van der Waals surface area contributed by atoms with Crippen molar-refractivity contribution in [2.24, 2.45) is 0 Å². The third-order valence-corrected chi connectivity index (χ3v) is 4.04. The molecule has 2 rings (SSSR count). The van der Waals surface area contributed by atoms with Gasteiger partial charge in [0.2, 0.25) is 11.8 Å². The van der Waals surface area contributed by atoms with E-state index >= 15 is 0 Å². The van der Waals surface area contributed by atoms with Crippen LogP contribution in [-0.4, -0.2) is 34.7 Å². The number of aryl methyl sites for hydroxylation is 1. The van der Waals surface area contributed by atoms with E-state index in [1.54, 1.807) is 17.9 Å². The fourth-order valence-corrected chi connectivity index (χ4v) is 2.69. The zero-order valence-corrected chi connectivity index (χ0v) is 15.5. The SMILES string of the molecule is C=CCN(CC(=O)N(Cc1ccccc1)Cc1ccc(C)o1)C(=O)CC. The quantitative estimate of drug-likeness (QED) is 0.647. The number of hydrogen-bond acceptors (Lipinski definition) is 3. The Morgan fingerprint density at radius 3 is 2.35 bits per heavy atom. The van der Waals surface area contributed by atoms with Crippen LogP contribution in [0.25, 0.3) is 0 Å². The minimum absolute atomic E-state index is 0.0330. The molecule has 1 heterocycles. The van der Waals surface area contributed by atoms with Crippen molar-refractivity contribution in [1.82, 2.24) is 9.80 Å². The Morgan fingerprint density at radius 1 is 1.04 bits per heavy atom. The van der Waals surface area contributed by atoms with E-state index in [9.17, 15) is 9.59 Å². The van der Waals surface area contributed by atoms with Gasteiger partial charge >= 0.3 is 0 Å². The van der Waals surface area contributed by atoms with E-state index in [0.717, 1.165) is 17.1 Å². The van der Waals surface area contributed by atoms with Crippen molar-refractivity contribution in [2.75, 3.05) is 13.1 Å². The summed E-state index contributed by atoms with van der Waals surface area (Å²) in [6.07, 6.45) is 2.00. The molecule has 2 aromatic rings. The largest absolute Gasteiger partial charge is 0.464 e. The minimum Gasteiger partial charge on any atom is -0.464 e. The van der Waals surface area contributed by atoms with E-state index in [0.29, 0.717) is 26.1 Å². The van der Waals surface area contributed by atoms with Crippen LogP contribution < -0.4 is 0 Å². The molecule has 2 amide bonds. The van der Waals surface area contributed by atoms with Crippen LogP contribution in [0, 0.1) is 6.92 Å². The van der Waals surface area contributed by atoms with Crippen LogP contribution in [0.4, 0.5) is 0 Å². The Morgan fingerprint density at radius 2 is 1.77 bits per heavy atom. The lowest BCUT2D eigenvalue weighted by Gasteiger charge is -2.26. The average molecular weight is 354 g/mol. The third-order valence-electron chi connectivity index (χ3n) is 4.04. The van der Waals surface area contributed by atoms with Gasteiger partial charge in [-0.1, -0.05) is 43.3 Å². The summed E-state index contributed by atoms with van der Waals surface area (Å²) in [6, 6.07) is 13.5. The maximum Gasteiger partial charge on any atom is 0.242 e. The Labute approximate surface area is 154 Å². The molecule has 138 valence electrons. The summed E-state index contributed by atoms with van der Waals surface area (Å²) in [6.45, 7) is 8.55. The van der Waals surface area contributed by atoms with Crippen molar-refractivity contribution >= 4 is 11.8 Å². The summed E-state index contributed by atoms with van der Waals surface area (Å²) in [4.78, 5) is 28.2. The minimum atomic E-state index is -0.119. The number of rotatable bonds is 9. The van der Waals surface area contributed by atoms with Gasteiger partial charge < -0.3 is 14.2 Å². The third kappa shape index (κ3) is 5.62. The molecule has 0 bridgehead atoms. The van der Waals surface area contributed by atoms with Gasteiger partial charge in [-0.25, -0.2) is 0 Å². The van der Waals surface area contributed by atoms with E-state index in [1.165, 1.54) is 4.90 Å². The van der Waals surface area contributed by atoms with Gasteiger partial charge in [0, 0.05) is 19.5 Å². The number of nitrogens with zero attached hydrogens (tertiary/aromatic N) is 2. The molecule has 1 aromatic heterocycles. The van der Waals surface area contributed by atoms with Crippen LogP contribution in [-0.2, 0) is 22.7 Å². The van der Waals surface area contributed by atoms with Crippen LogP contribution in [0.15, 0.2) is 59.5 Å². The van der Waals surface area contributed by atoms with Crippen molar-refractivity contribution < 1.29 is 14.0 Å². The molecule has 5 heteroatoms. The standard InChI is InChI=1S/C21H26N2O3/c1-4-13-22(20(24)5-2)16-21(25)23(14-18-9-7-6-8-10-18)15-19-12-11-17(3)26-19/h4,6-12H,1,5,13-16H2,2-3H3. The molecule has 0 aliphatic heterocycles. The summed E-state index contributed by atoms with van der Waals surface area (Å²) in [5.74, 6) is 1.35. The van der Waals surface area contributed by atoms with E-state index in [2.05, 4.69) is 6.58 Å². The molecule has 0 saturated heterocycles. The highest BCUT2D eigenvalue weighted by Crippen LogP contribution is 2.14. The van der Waals surface area contributed by atoms with Gasteiger partial charge in [-0.2, -0.15) is 0 Å². The smallest absolute Gasteiger partial charge is 0.242 e. The van der Waals surface area contributed by atoms with Crippen LogP contribution >= 0.6 is 0 Å². The molecule has 0 saturated carbocycles. The van der Waals surface area contributed by atoms with E-state index in [4.69, 9.17) is 4.42 Å². The lowest BCUT2D eigenvalue weighted by Crippen LogP contribution is -2.42. The monoisotopic (exact) mass is 354 g/mol. The Hall–Kier alpha value is -2.82. The lowest BCUT2D eigenvalue weighted by molar-refractivity contribution is -0.140. The van der Waals surface area contributed by atoms with Crippen molar-refractivity contribution in [2.45, 2.75) is 33.4 Å². The predicted molar refractivity (Wildman–Crippen MR) is 101 cm³/mol.